The highest BCUT2D eigenvalue weighted by atomic mass is 32.1. The first kappa shape index (κ1) is 25.0. The summed E-state index contributed by atoms with van der Waals surface area (Å²) in [4.78, 5) is 7.85. The number of imidazole rings is 1. The number of benzene rings is 6. The average molecular weight is 559 g/mol. The van der Waals surface area contributed by atoms with Gasteiger partial charge in [0.25, 0.3) is 0 Å². The van der Waals surface area contributed by atoms with Gasteiger partial charge in [-0.1, -0.05) is 124 Å². The molecule has 2 heterocycles. The summed E-state index contributed by atoms with van der Waals surface area (Å²) in [5, 5.41) is 7.43. The summed E-state index contributed by atoms with van der Waals surface area (Å²) < 4.78 is 2.38. The Morgan fingerprint density at radius 1 is 0.548 bits per heavy atom. The van der Waals surface area contributed by atoms with Crippen LogP contribution in [0.3, 0.4) is 0 Å². The molecular formula is C39H30N2S. The van der Waals surface area contributed by atoms with Crippen molar-refractivity contribution in [3.05, 3.63) is 133 Å². The van der Waals surface area contributed by atoms with E-state index >= 15 is 0 Å². The lowest BCUT2D eigenvalue weighted by molar-refractivity contribution is 0.590. The Kier molecular flexibility index (Phi) is 5.60. The van der Waals surface area contributed by atoms with Crippen molar-refractivity contribution in [3.8, 4) is 26.8 Å². The van der Waals surface area contributed by atoms with E-state index in [1.54, 1.807) is 0 Å². The van der Waals surface area contributed by atoms with Crippen molar-refractivity contribution < 1.29 is 0 Å². The van der Waals surface area contributed by atoms with Crippen LogP contribution in [0.15, 0.2) is 127 Å². The fraction of sp³-hybridized carbons (Fsp3) is 0.103. The highest BCUT2D eigenvalue weighted by Crippen LogP contribution is 2.43. The van der Waals surface area contributed by atoms with Crippen molar-refractivity contribution in [2.75, 3.05) is 0 Å². The highest BCUT2D eigenvalue weighted by Gasteiger charge is 2.22. The number of fused-ring (bicyclic) bond motifs is 7. The van der Waals surface area contributed by atoms with Crippen LogP contribution < -0.4 is 0 Å². The third-order valence-electron chi connectivity index (χ3n) is 8.40. The number of rotatable bonds is 3. The van der Waals surface area contributed by atoms with Gasteiger partial charge in [0, 0.05) is 21.3 Å². The van der Waals surface area contributed by atoms with E-state index in [2.05, 4.69) is 153 Å². The Morgan fingerprint density at radius 3 is 1.88 bits per heavy atom. The second-order valence-electron chi connectivity index (χ2n) is 12.0. The van der Waals surface area contributed by atoms with Crippen LogP contribution in [0.5, 0.6) is 0 Å². The molecule has 0 N–H and O–H groups in total. The molecule has 2 nitrogen and oxygen atoms in total. The van der Waals surface area contributed by atoms with Gasteiger partial charge in [0.2, 0.25) is 0 Å². The molecule has 202 valence electrons. The quantitative estimate of drug-likeness (QED) is 0.197. The van der Waals surface area contributed by atoms with Crippen molar-refractivity contribution in [2.45, 2.75) is 26.2 Å². The minimum atomic E-state index is 0.0857. The molecule has 8 rings (SSSR count). The summed E-state index contributed by atoms with van der Waals surface area (Å²) in [6.07, 6.45) is 0. The Morgan fingerprint density at radius 2 is 1.14 bits per heavy atom. The van der Waals surface area contributed by atoms with E-state index in [0.717, 1.165) is 27.4 Å². The number of hydrogen-bond acceptors (Lipinski definition) is 2. The van der Waals surface area contributed by atoms with Crippen molar-refractivity contribution >= 4 is 54.7 Å². The van der Waals surface area contributed by atoms with Crippen LogP contribution >= 0.6 is 11.3 Å². The van der Waals surface area contributed by atoms with Crippen molar-refractivity contribution in [1.82, 2.24) is 9.55 Å². The first-order chi connectivity index (χ1) is 20.5. The van der Waals surface area contributed by atoms with Crippen LogP contribution in [-0.4, -0.2) is 9.55 Å². The molecule has 0 radical (unpaired) electrons. The smallest absolute Gasteiger partial charge is 0.155 e. The molecule has 0 atom stereocenters. The van der Waals surface area contributed by atoms with E-state index in [4.69, 9.17) is 4.98 Å². The van der Waals surface area contributed by atoms with Crippen molar-refractivity contribution in [1.29, 1.82) is 0 Å². The summed E-state index contributed by atoms with van der Waals surface area (Å²) in [6.45, 7) is 6.79. The fourth-order valence-electron chi connectivity index (χ4n) is 6.28. The molecule has 0 bridgehead atoms. The van der Waals surface area contributed by atoms with E-state index in [9.17, 15) is 0 Å². The number of nitrogens with zero attached hydrogens (tertiary/aromatic N) is 2. The molecule has 8 aromatic rings. The zero-order valence-electron chi connectivity index (χ0n) is 23.9. The maximum Gasteiger partial charge on any atom is 0.155 e. The van der Waals surface area contributed by atoms with E-state index in [-0.39, 0.29) is 5.41 Å². The third kappa shape index (κ3) is 3.88. The minimum absolute atomic E-state index is 0.0857. The number of thiophene rings is 1. The molecule has 42 heavy (non-hydrogen) atoms. The molecule has 6 aromatic carbocycles. The van der Waals surface area contributed by atoms with Crippen molar-refractivity contribution in [3.63, 3.8) is 0 Å². The maximum absolute atomic E-state index is 5.45. The average Bonchev–Trinajstić information content (AvgIpc) is 3.67. The van der Waals surface area contributed by atoms with Gasteiger partial charge >= 0.3 is 0 Å². The summed E-state index contributed by atoms with van der Waals surface area (Å²) in [5.41, 5.74) is 5.99. The second-order valence-corrected chi connectivity index (χ2v) is 13.1. The van der Waals surface area contributed by atoms with Gasteiger partial charge in [-0.05, 0) is 62.4 Å². The molecule has 0 aliphatic carbocycles. The molecule has 0 unspecified atom stereocenters. The van der Waals surface area contributed by atoms with Gasteiger partial charge < -0.3 is 0 Å². The van der Waals surface area contributed by atoms with Gasteiger partial charge in [0.05, 0.1) is 15.9 Å². The van der Waals surface area contributed by atoms with E-state index in [1.807, 2.05) is 11.3 Å². The van der Waals surface area contributed by atoms with Crippen LogP contribution in [0, 0.1) is 0 Å². The zero-order chi connectivity index (χ0) is 28.4. The normalized spacial score (nSPS) is 12.2. The van der Waals surface area contributed by atoms with E-state index in [1.165, 1.54) is 48.3 Å². The summed E-state index contributed by atoms with van der Waals surface area (Å²) >= 11 is 1.81. The first-order valence-electron chi connectivity index (χ1n) is 14.5. The summed E-state index contributed by atoms with van der Waals surface area (Å²) in [7, 11) is 0. The van der Waals surface area contributed by atoms with Crippen LogP contribution in [0.25, 0.3) is 70.2 Å². The third-order valence-corrected chi connectivity index (χ3v) is 9.52. The molecule has 0 spiro atoms. The Balaban J connectivity index is 1.44. The van der Waals surface area contributed by atoms with Gasteiger partial charge in [-0.2, -0.15) is 0 Å². The van der Waals surface area contributed by atoms with Crippen LogP contribution in [-0.2, 0) is 5.41 Å². The molecule has 0 aliphatic rings. The summed E-state index contributed by atoms with van der Waals surface area (Å²) in [6, 6.07) is 46.2. The van der Waals surface area contributed by atoms with Gasteiger partial charge in [0.15, 0.2) is 5.82 Å². The standard InChI is InChI=1S/C39H30N2S/c1-39(2,3)26-19-21-27(22-20-26)41-37-33-17-9-7-15-30(33)29-14-6-8-16-32(29)36(37)40-38(41)35-24-23-34(42-35)31-18-10-12-25-11-4-5-13-28(25)31/h4-24H,1-3H3. The molecular weight excluding hydrogens is 529 g/mol. The molecule has 2 aromatic heterocycles. The van der Waals surface area contributed by atoms with Gasteiger partial charge in [-0.25, -0.2) is 4.98 Å². The van der Waals surface area contributed by atoms with Crippen LogP contribution in [0.4, 0.5) is 0 Å². The molecule has 0 saturated heterocycles. The second kappa shape index (κ2) is 9.40. The monoisotopic (exact) mass is 558 g/mol. The van der Waals surface area contributed by atoms with E-state index < -0.39 is 0 Å². The lowest BCUT2D eigenvalue weighted by Gasteiger charge is -2.20. The predicted molar refractivity (Wildman–Crippen MR) is 181 cm³/mol. The highest BCUT2D eigenvalue weighted by molar-refractivity contribution is 7.18. The topological polar surface area (TPSA) is 17.8 Å². The van der Waals surface area contributed by atoms with Gasteiger partial charge in [-0.15, -0.1) is 11.3 Å². The predicted octanol–water partition coefficient (Wildman–Crippen LogP) is 11.2. The molecule has 0 amide bonds. The van der Waals surface area contributed by atoms with Crippen molar-refractivity contribution in [2.24, 2.45) is 0 Å². The fourth-order valence-corrected chi connectivity index (χ4v) is 7.30. The van der Waals surface area contributed by atoms with Gasteiger partial charge in [0.1, 0.15) is 0 Å². The largest absolute Gasteiger partial charge is 0.291 e. The molecule has 3 heteroatoms. The molecule has 0 aliphatic heterocycles. The lowest BCUT2D eigenvalue weighted by atomic mass is 9.87. The lowest BCUT2D eigenvalue weighted by Crippen LogP contribution is -2.11. The Labute approximate surface area is 249 Å². The first-order valence-corrected chi connectivity index (χ1v) is 15.3. The molecule has 0 fully saturated rings. The van der Waals surface area contributed by atoms with Gasteiger partial charge in [-0.3, -0.25) is 4.57 Å². The Bertz CT molecular complexity index is 2270. The summed E-state index contributed by atoms with van der Waals surface area (Å²) in [5.74, 6) is 0.978. The zero-order valence-corrected chi connectivity index (χ0v) is 24.7. The molecule has 0 saturated carbocycles. The maximum atomic E-state index is 5.45. The SMILES string of the molecule is CC(C)(C)c1ccc(-n2c(-c3ccc(-c4cccc5ccccc45)s3)nc3c4ccccc4c4ccccc4c32)cc1. The minimum Gasteiger partial charge on any atom is -0.291 e. The van der Waals surface area contributed by atoms with Crippen LogP contribution in [0.2, 0.25) is 0 Å². The van der Waals surface area contributed by atoms with Crippen LogP contribution in [0.1, 0.15) is 26.3 Å². The number of aromatic nitrogens is 2. The Hall–Kier alpha value is -4.73. The number of hydrogen-bond donors (Lipinski definition) is 0. The van der Waals surface area contributed by atoms with E-state index in [0.29, 0.717) is 0 Å².